The summed E-state index contributed by atoms with van der Waals surface area (Å²) < 4.78 is 5.38. The molecule has 0 saturated heterocycles. The zero-order chi connectivity index (χ0) is 12.8. The fraction of sp³-hybridized carbons (Fsp3) is 0.400. The van der Waals surface area contributed by atoms with E-state index in [2.05, 4.69) is 23.9 Å². The molecule has 0 radical (unpaired) electrons. The predicted octanol–water partition coefficient (Wildman–Crippen LogP) is 3.23. The molecule has 0 spiro atoms. The third kappa shape index (κ3) is 3.20. The molecule has 1 heterocycles. The monoisotopic (exact) mass is 244 g/mol. The molecule has 96 valence electrons. The normalized spacial score (nSPS) is 11.1. The first-order valence-corrected chi connectivity index (χ1v) is 6.56. The quantitative estimate of drug-likeness (QED) is 0.781. The van der Waals surface area contributed by atoms with Crippen molar-refractivity contribution >= 4 is 0 Å². The number of benzene rings is 1. The maximum atomic E-state index is 5.38. The highest BCUT2D eigenvalue weighted by Gasteiger charge is 2.07. The van der Waals surface area contributed by atoms with Crippen LogP contribution in [0.1, 0.15) is 19.5 Å². The highest BCUT2D eigenvalue weighted by Crippen LogP contribution is 2.19. The van der Waals surface area contributed by atoms with Crippen molar-refractivity contribution in [3.63, 3.8) is 0 Å². The summed E-state index contributed by atoms with van der Waals surface area (Å²) in [6.45, 7) is 7.57. The van der Waals surface area contributed by atoms with E-state index in [1.54, 1.807) is 0 Å². The summed E-state index contributed by atoms with van der Waals surface area (Å²) in [4.78, 5) is 2.39. The summed E-state index contributed by atoms with van der Waals surface area (Å²) >= 11 is 0. The summed E-state index contributed by atoms with van der Waals surface area (Å²) in [5.41, 5.74) is 2.11. The van der Waals surface area contributed by atoms with Crippen molar-refractivity contribution in [1.82, 2.24) is 10.1 Å². The predicted molar refractivity (Wildman–Crippen MR) is 73.4 cm³/mol. The molecule has 0 atom stereocenters. The van der Waals surface area contributed by atoms with E-state index in [0.29, 0.717) is 0 Å². The van der Waals surface area contributed by atoms with Crippen molar-refractivity contribution in [2.24, 2.45) is 0 Å². The Labute approximate surface area is 108 Å². The lowest BCUT2D eigenvalue weighted by Gasteiger charge is -2.16. The SMILES string of the molecule is CCN(CC)CCc1cc(-c2ccccc2)on1. The second-order valence-corrected chi connectivity index (χ2v) is 4.33. The first-order chi connectivity index (χ1) is 8.83. The fourth-order valence-corrected chi connectivity index (χ4v) is 1.98. The van der Waals surface area contributed by atoms with Gasteiger partial charge in [-0.1, -0.05) is 49.3 Å². The molecule has 1 aromatic carbocycles. The van der Waals surface area contributed by atoms with E-state index in [1.165, 1.54) is 0 Å². The Hall–Kier alpha value is -1.61. The van der Waals surface area contributed by atoms with Gasteiger partial charge in [-0.25, -0.2) is 0 Å². The van der Waals surface area contributed by atoms with Crippen molar-refractivity contribution in [2.45, 2.75) is 20.3 Å². The van der Waals surface area contributed by atoms with E-state index in [-0.39, 0.29) is 0 Å². The zero-order valence-corrected chi connectivity index (χ0v) is 11.1. The molecule has 0 aliphatic rings. The summed E-state index contributed by atoms with van der Waals surface area (Å²) in [6, 6.07) is 12.1. The molecule has 1 aromatic heterocycles. The molecule has 0 saturated carbocycles. The van der Waals surface area contributed by atoms with E-state index in [1.807, 2.05) is 36.4 Å². The molecule has 3 nitrogen and oxygen atoms in total. The van der Waals surface area contributed by atoms with Gasteiger partial charge in [0.25, 0.3) is 0 Å². The van der Waals surface area contributed by atoms with Crippen LogP contribution in [0.25, 0.3) is 11.3 Å². The minimum atomic E-state index is 0.852. The Bertz CT molecular complexity index is 460. The van der Waals surface area contributed by atoms with Crippen LogP contribution in [0.3, 0.4) is 0 Å². The Kier molecular flexibility index (Phi) is 4.53. The van der Waals surface area contributed by atoms with Gasteiger partial charge >= 0.3 is 0 Å². The highest BCUT2D eigenvalue weighted by molar-refractivity contribution is 5.56. The number of hydrogen-bond donors (Lipinski definition) is 0. The third-order valence-corrected chi connectivity index (χ3v) is 3.20. The van der Waals surface area contributed by atoms with E-state index >= 15 is 0 Å². The third-order valence-electron chi connectivity index (χ3n) is 3.20. The largest absolute Gasteiger partial charge is 0.356 e. The van der Waals surface area contributed by atoms with Gasteiger partial charge < -0.3 is 9.42 Å². The fourth-order valence-electron chi connectivity index (χ4n) is 1.98. The number of likely N-dealkylation sites (N-methyl/N-ethyl adjacent to an activating group) is 1. The Morgan fingerprint density at radius 1 is 1.11 bits per heavy atom. The highest BCUT2D eigenvalue weighted by atomic mass is 16.5. The van der Waals surface area contributed by atoms with Crippen LogP contribution in [-0.4, -0.2) is 29.7 Å². The molecule has 3 heteroatoms. The van der Waals surface area contributed by atoms with E-state index in [9.17, 15) is 0 Å². The van der Waals surface area contributed by atoms with Gasteiger partial charge in [0, 0.05) is 24.6 Å². The van der Waals surface area contributed by atoms with Gasteiger partial charge in [0.15, 0.2) is 5.76 Å². The van der Waals surface area contributed by atoms with Crippen LogP contribution < -0.4 is 0 Å². The van der Waals surface area contributed by atoms with Crippen LogP contribution >= 0.6 is 0 Å². The number of nitrogens with zero attached hydrogens (tertiary/aromatic N) is 2. The maximum Gasteiger partial charge on any atom is 0.167 e. The van der Waals surface area contributed by atoms with Crippen molar-refractivity contribution in [1.29, 1.82) is 0 Å². The summed E-state index contributed by atoms with van der Waals surface area (Å²) in [5.74, 6) is 0.852. The van der Waals surface area contributed by atoms with Crippen molar-refractivity contribution in [3.8, 4) is 11.3 Å². The van der Waals surface area contributed by atoms with Crippen LogP contribution in [0.2, 0.25) is 0 Å². The van der Waals surface area contributed by atoms with Gasteiger partial charge in [-0.15, -0.1) is 0 Å². The average Bonchev–Trinajstić information content (AvgIpc) is 2.90. The van der Waals surface area contributed by atoms with Crippen molar-refractivity contribution in [3.05, 3.63) is 42.1 Å². The maximum absolute atomic E-state index is 5.38. The second-order valence-electron chi connectivity index (χ2n) is 4.33. The summed E-state index contributed by atoms with van der Waals surface area (Å²) in [5, 5.41) is 4.13. The standard InChI is InChI=1S/C15H20N2O/c1-3-17(4-2)11-10-14-12-15(18-16-14)13-8-6-5-7-9-13/h5-9,12H,3-4,10-11H2,1-2H3. The number of aromatic nitrogens is 1. The summed E-state index contributed by atoms with van der Waals surface area (Å²) in [6.07, 6.45) is 0.942. The van der Waals surface area contributed by atoms with Crippen LogP contribution in [-0.2, 0) is 6.42 Å². The molecule has 0 N–H and O–H groups in total. The Morgan fingerprint density at radius 2 is 1.83 bits per heavy atom. The molecule has 18 heavy (non-hydrogen) atoms. The summed E-state index contributed by atoms with van der Waals surface area (Å²) in [7, 11) is 0. The van der Waals surface area contributed by atoms with Gasteiger partial charge in [-0.05, 0) is 13.1 Å². The lowest BCUT2D eigenvalue weighted by atomic mass is 10.1. The average molecular weight is 244 g/mol. The molecule has 2 rings (SSSR count). The first kappa shape index (κ1) is 12.8. The van der Waals surface area contributed by atoms with E-state index < -0.39 is 0 Å². The van der Waals surface area contributed by atoms with Crippen molar-refractivity contribution < 1.29 is 4.52 Å². The number of hydrogen-bond acceptors (Lipinski definition) is 3. The van der Waals surface area contributed by atoms with Crippen LogP contribution in [0, 0.1) is 0 Å². The molecule has 0 aliphatic carbocycles. The van der Waals surface area contributed by atoms with Crippen LogP contribution in [0.5, 0.6) is 0 Å². The van der Waals surface area contributed by atoms with Gasteiger partial charge in [-0.3, -0.25) is 0 Å². The smallest absolute Gasteiger partial charge is 0.167 e. The molecule has 2 aromatic rings. The minimum absolute atomic E-state index is 0.852. The van der Waals surface area contributed by atoms with E-state index in [0.717, 1.165) is 43.1 Å². The van der Waals surface area contributed by atoms with Gasteiger partial charge in [-0.2, -0.15) is 0 Å². The van der Waals surface area contributed by atoms with Gasteiger partial charge in [0.1, 0.15) is 0 Å². The molecular weight excluding hydrogens is 224 g/mol. The topological polar surface area (TPSA) is 29.3 Å². The first-order valence-electron chi connectivity index (χ1n) is 6.56. The van der Waals surface area contributed by atoms with Crippen molar-refractivity contribution in [2.75, 3.05) is 19.6 Å². The molecule has 0 aliphatic heterocycles. The van der Waals surface area contributed by atoms with Crippen LogP contribution in [0.4, 0.5) is 0 Å². The number of rotatable bonds is 6. The van der Waals surface area contributed by atoms with E-state index in [4.69, 9.17) is 4.52 Å². The second kappa shape index (κ2) is 6.36. The van der Waals surface area contributed by atoms with Gasteiger partial charge in [0.05, 0.1) is 5.69 Å². The Balaban J connectivity index is 1.98. The molecule has 0 amide bonds. The lowest BCUT2D eigenvalue weighted by molar-refractivity contribution is 0.304. The molecule has 0 fully saturated rings. The molecule has 0 unspecified atom stereocenters. The minimum Gasteiger partial charge on any atom is -0.356 e. The zero-order valence-electron chi connectivity index (χ0n) is 11.1. The molecular formula is C15H20N2O. The van der Waals surface area contributed by atoms with Crippen LogP contribution in [0.15, 0.2) is 40.9 Å². The van der Waals surface area contributed by atoms with Gasteiger partial charge in [0.2, 0.25) is 0 Å². The Morgan fingerprint density at radius 3 is 2.50 bits per heavy atom. The molecule has 0 bridgehead atoms. The lowest BCUT2D eigenvalue weighted by Crippen LogP contribution is -2.25.